The van der Waals surface area contributed by atoms with E-state index in [9.17, 15) is 9.59 Å². The average Bonchev–Trinajstić information content (AvgIpc) is 2.28. The summed E-state index contributed by atoms with van der Waals surface area (Å²) in [6.07, 6.45) is -0.284. The number of alkyl carbamates (subject to hydrolysis) is 1. The Kier molecular flexibility index (Phi) is 5.76. The number of carboxylic acids is 1. The summed E-state index contributed by atoms with van der Waals surface area (Å²) in [7, 11) is 0. The van der Waals surface area contributed by atoms with Gasteiger partial charge in [-0.05, 0) is 45.2 Å². The molecule has 0 saturated heterocycles. The van der Waals surface area contributed by atoms with E-state index in [2.05, 4.69) is 5.32 Å². The number of hydrogen-bond acceptors (Lipinski definition) is 3. The molecule has 0 fully saturated rings. The summed E-state index contributed by atoms with van der Waals surface area (Å²) in [6.45, 7) is 7.25. The highest BCUT2D eigenvalue weighted by atomic mass is 16.6. The second kappa shape index (κ2) is 7.11. The molecule has 0 aliphatic carbocycles. The van der Waals surface area contributed by atoms with Crippen LogP contribution in [0.5, 0.6) is 0 Å². The van der Waals surface area contributed by atoms with E-state index in [1.165, 1.54) is 0 Å². The van der Waals surface area contributed by atoms with Gasteiger partial charge in [-0.2, -0.15) is 0 Å². The van der Waals surface area contributed by atoms with Crippen LogP contribution < -0.4 is 5.32 Å². The van der Waals surface area contributed by atoms with E-state index in [-0.39, 0.29) is 6.42 Å². The van der Waals surface area contributed by atoms with Gasteiger partial charge >= 0.3 is 12.1 Å². The number of amides is 1. The van der Waals surface area contributed by atoms with Crippen LogP contribution in [0.15, 0.2) is 24.3 Å². The predicted octanol–water partition coefficient (Wildman–Crippen LogP) is 2.91. The number of rotatable bonds is 5. The van der Waals surface area contributed by atoms with E-state index >= 15 is 0 Å². The highest BCUT2D eigenvalue weighted by Crippen LogP contribution is 2.13. The number of aliphatic carboxylic acids is 1. The van der Waals surface area contributed by atoms with Crippen molar-refractivity contribution in [3.63, 3.8) is 0 Å². The second-order valence-electron chi connectivity index (χ2n) is 6.07. The lowest BCUT2D eigenvalue weighted by Crippen LogP contribution is -2.41. The molecule has 0 spiro atoms. The first-order valence-corrected chi connectivity index (χ1v) is 6.93. The van der Waals surface area contributed by atoms with Crippen molar-refractivity contribution in [2.45, 2.75) is 52.2 Å². The molecule has 0 saturated carbocycles. The molecule has 0 aliphatic rings. The molecule has 2 N–H and O–H groups in total. The summed E-state index contributed by atoms with van der Waals surface area (Å²) in [5, 5.41) is 11.6. The molecule has 1 amide bonds. The lowest BCUT2D eigenvalue weighted by atomic mass is 9.99. The van der Waals surface area contributed by atoms with Gasteiger partial charge < -0.3 is 15.2 Å². The van der Waals surface area contributed by atoms with Crippen molar-refractivity contribution in [1.29, 1.82) is 0 Å². The Morgan fingerprint density at radius 3 is 2.43 bits per heavy atom. The fourth-order valence-electron chi connectivity index (χ4n) is 1.96. The summed E-state index contributed by atoms with van der Waals surface area (Å²) in [6, 6.07) is 7.21. The fourth-order valence-corrected chi connectivity index (χ4v) is 1.96. The number of carbonyl (C=O) groups is 2. The number of carboxylic acid groups (broad SMARTS) is 1. The lowest BCUT2D eigenvalue weighted by molar-refractivity contribution is -0.137. The van der Waals surface area contributed by atoms with Gasteiger partial charge in [-0.3, -0.25) is 4.79 Å². The zero-order chi connectivity index (χ0) is 16.0. The Morgan fingerprint density at radius 1 is 1.29 bits per heavy atom. The number of nitrogens with one attached hydrogen (secondary N) is 1. The molecule has 116 valence electrons. The Hall–Kier alpha value is -2.04. The lowest BCUT2D eigenvalue weighted by Gasteiger charge is -2.23. The third-order valence-corrected chi connectivity index (χ3v) is 2.87. The molecule has 1 aromatic rings. The quantitative estimate of drug-likeness (QED) is 0.875. The highest BCUT2D eigenvalue weighted by molar-refractivity contribution is 5.71. The molecule has 1 rings (SSSR count). The number of ether oxygens (including phenoxy) is 1. The molecular weight excluding hydrogens is 270 g/mol. The largest absolute Gasteiger partial charge is 0.481 e. The molecule has 1 aromatic carbocycles. The Balaban J connectivity index is 2.75. The number of aryl methyl sites for hydroxylation is 1. The summed E-state index contributed by atoms with van der Waals surface area (Å²) >= 11 is 0. The first kappa shape index (κ1) is 17.0. The first-order chi connectivity index (χ1) is 9.67. The minimum absolute atomic E-state index is 0.145. The zero-order valence-corrected chi connectivity index (χ0v) is 13.0. The smallest absolute Gasteiger partial charge is 0.407 e. The van der Waals surface area contributed by atoms with E-state index in [0.29, 0.717) is 6.42 Å². The van der Waals surface area contributed by atoms with Crippen LogP contribution in [0.2, 0.25) is 0 Å². The van der Waals surface area contributed by atoms with Crippen LogP contribution in [0.1, 0.15) is 38.3 Å². The maximum atomic E-state index is 11.8. The third-order valence-electron chi connectivity index (χ3n) is 2.87. The molecule has 21 heavy (non-hydrogen) atoms. The first-order valence-electron chi connectivity index (χ1n) is 6.93. The van der Waals surface area contributed by atoms with Crippen LogP contribution in [-0.4, -0.2) is 28.8 Å². The van der Waals surface area contributed by atoms with Crippen molar-refractivity contribution < 1.29 is 19.4 Å². The average molecular weight is 293 g/mol. The molecule has 0 bridgehead atoms. The van der Waals surface area contributed by atoms with Crippen LogP contribution in [0.4, 0.5) is 4.79 Å². The van der Waals surface area contributed by atoms with E-state index in [4.69, 9.17) is 9.84 Å². The van der Waals surface area contributed by atoms with Gasteiger partial charge in [0.2, 0.25) is 0 Å². The standard InChI is InChI=1S/C16H23NO4/c1-11-7-5-6-8-12(11)9-13(10-14(18)19)17-15(20)21-16(2,3)4/h5-8,13H,9-10H2,1-4H3,(H,17,20)(H,18,19)/t13-/m1/s1. The molecule has 0 aliphatic heterocycles. The van der Waals surface area contributed by atoms with Gasteiger partial charge in [0.1, 0.15) is 5.60 Å². The van der Waals surface area contributed by atoms with Crippen LogP contribution in [0.3, 0.4) is 0 Å². The minimum atomic E-state index is -0.954. The van der Waals surface area contributed by atoms with Gasteiger partial charge in [0.05, 0.1) is 6.42 Å². The summed E-state index contributed by atoms with van der Waals surface area (Å²) in [4.78, 5) is 22.8. The van der Waals surface area contributed by atoms with Crippen molar-refractivity contribution in [1.82, 2.24) is 5.32 Å². The summed E-state index contributed by atoms with van der Waals surface area (Å²) in [5.41, 5.74) is 1.47. The van der Waals surface area contributed by atoms with Gasteiger partial charge in [-0.1, -0.05) is 24.3 Å². The molecular formula is C16H23NO4. The maximum Gasteiger partial charge on any atom is 0.407 e. The van der Waals surface area contributed by atoms with Crippen molar-refractivity contribution >= 4 is 12.1 Å². The van der Waals surface area contributed by atoms with Crippen LogP contribution in [0, 0.1) is 6.92 Å². The van der Waals surface area contributed by atoms with Crippen molar-refractivity contribution in [2.75, 3.05) is 0 Å². The van der Waals surface area contributed by atoms with Gasteiger partial charge in [0.25, 0.3) is 0 Å². The monoisotopic (exact) mass is 293 g/mol. The third kappa shape index (κ3) is 6.79. The summed E-state index contributed by atoms with van der Waals surface area (Å²) < 4.78 is 5.17. The minimum Gasteiger partial charge on any atom is -0.481 e. The topological polar surface area (TPSA) is 75.6 Å². The molecule has 1 atom stereocenters. The molecule has 0 radical (unpaired) electrons. The Bertz CT molecular complexity index is 505. The molecule has 0 aromatic heterocycles. The fraction of sp³-hybridized carbons (Fsp3) is 0.500. The zero-order valence-electron chi connectivity index (χ0n) is 13.0. The van der Waals surface area contributed by atoms with E-state index in [1.54, 1.807) is 20.8 Å². The SMILES string of the molecule is Cc1ccccc1C[C@H](CC(=O)O)NC(=O)OC(C)(C)C. The highest BCUT2D eigenvalue weighted by Gasteiger charge is 2.21. The normalized spacial score (nSPS) is 12.6. The molecule has 5 nitrogen and oxygen atoms in total. The van der Waals surface area contributed by atoms with Crippen molar-refractivity contribution in [3.05, 3.63) is 35.4 Å². The number of carbonyl (C=O) groups excluding carboxylic acids is 1. The molecule has 5 heteroatoms. The molecule has 0 unspecified atom stereocenters. The van der Waals surface area contributed by atoms with Crippen molar-refractivity contribution in [2.24, 2.45) is 0 Å². The van der Waals surface area contributed by atoms with Crippen LogP contribution in [-0.2, 0) is 16.0 Å². The summed E-state index contributed by atoms with van der Waals surface area (Å²) in [5.74, 6) is -0.954. The van der Waals surface area contributed by atoms with Crippen LogP contribution in [0.25, 0.3) is 0 Å². The van der Waals surface area contributed by atoms with Gasteiger partial charge in [0.15, 0.2) is 0 Å². The van der Waals surface area contributed by atoms with Crippen LogP contribution >= 0.6 is 0 Å². The van der Waals surface area contributed by atoms with Gasteiger partial charge in [-0.25, -0.2) is 4.79 Å². The van der Waals surface area contributed by atoms with E-state index < -0.39 is 23.7 Å². The second-order valence-corrected chi connectivity index (χ2v) is 6.07. The Morgan fingerprint density at radius 2 is 1.90 bits per heavy atom. The van der Waals surface area contributed by atoms with Crippen molar-refractivity contribution in [3.8, 4) is 0 Å². The maximum absolute atomic E-state index is 11.8. The van der Waals surface area contributed by atoms with E-state index in [0.717, 1.165) is 11.1 Å². The number of hydrogen-bond donors (Lipinski definition) is 2. The van der Waals surface area contributed by atoms with E-state index in [1.807, 2.05) is 31.2 Å². The Labute approximate surface area is 125 Å². The predicted molar refractivity (Wildman–Crippen MR) is 80.3 cm³/mol. The van der Waals surface area contributed by atoms with Gasteiger partial charge in [0, 0.05) is 6.04 Å². The van der Waals surface area contributed by atoms with Gasteiger partial charge in [-0.15, -0.1) is 0 Å². The number of benzene rings is 1. The molecule has 0 heterocycles.